The lowest BCUT2D eigenvalue weighted by Gasteiger charge is -2.43. The van der Waals surface area contributed by atoms with E-state index in [1.165, 1.54) is 19.3 Å². The topological polar surface area (TPSA) is 87.7 Å². The molecule has 28 heavy (non-hydrogen) atoms. The Morgan fingerprint density at radius 1 is 1.07 bits per heavy atom. The van der Waals surface area contributed by atoms with Crippen LogP contribution in [0.25, 0.3) is 0 Å². The normalized spacial score (nSPS) is 29.2. The number of nitrogens with zero attached hydrogens (tertiary/aromatic N) is 4. The number of aromatic nitrogens is 2. The Bertz CT molecular complexity index is 739. The summed E-state index contributed by atoms with van der Waals surface area (Å²) in [5.41, 5.74) is 0.453. The Morgan fingerprint density at radius 3 is 2.36 bits per heavy atom. The first-order valence-corrected chi connectivity index (χ1v) is 10.5. The van der Waals surface area contributed by atoms with E-state index in [0.29, 0.717) is 18.2 Å². The Kier molecular flexibility index (Phi) is 4.66. The predicted molar refractivity (Wildman–Crippen MR) is 103 cm³/mol. The molecule has 4 heterocycles. The molecule has 2 bridgehead atoms. The molecule has 5 rings (SSSR count). The molecule has 1 aromatic heterocycles. The molecule has 1 N–H and O–H groups in total. The molecule has 2 amide bonds. The highest BCUT2D eigenvalue weighted by Gasteiger charge is 2.38. The van der Waals surface area contributed by atoms with E-state index in [1.54, 1.807) is 17.3 Å². The summed E-state index contributed by atoms with van der Waals surface area (Å²) in [5, 5.41) is 2.65. The average Bonchev–Trinajstić information content (AvgIpc) is 2.98. The summed E-state index contributed by atoms with van der Waals surface area (Å²) < 4.78 is 5.84. The number of amides is 2. The van der Waals surface area contributed by atoms with Crippen LogP contribution in [0.2, 0.25) is 0 Å². The fraction of sp³-hybridized carbons (Fsp3) is 0.700. The van der Waals surface area contributed by atoms with Crippen LogP contribution < -0.4 is 10.2 Å². The van der Waals surface area contributed by atoms with Gasteiger partial charge in [-0.3, -0.25) is 9.59 Å². The van der Waals surface area contributed by atoms with Crippen LogP contribution in [0.4, 0.5) is 11.6 Å². The van der Waals surface area contributed by atoms with Crippen molar-refractivity contribution in [3.8, 4) is 0 Å². The van der Waals surface area contributed by atoms with Gasteiger partial charge in [0, 0.05) is 25.7 Å². The first kappa shape index (κ1) is 17.8. The van der Waals surface area contributed by atoms with Crippen LogP contribution in [0.15, 0.2) is 12.4 Å². The first-order valence-electron chi connectivity index (χ1n) is 10.5. The third-order valence-electron chi connectivity index (χ3n) is 6.65. The molecule has 3 atom stereocenters. The molecule has 150 valence electrons. The van der Waals surface area contributed by atoms with Crippen LogP contribution >= 0.6 is 0 Å². The van der Waals surface area contributed by atoms with Crippen LogP contribution in [0, 0.1) is 5.92 Å². The maximum Gasteiger partial charge on any atom is 0.313 e. The van der Waals surface area contributed by atoms with E-state index >= 15 is 0 Å². The van der Waals surface area contributed by atoms with Gasteiger partial charge in [0.25, 0.3) is 0 Å². The van der Waals surface area contributed by atoms with E-state index in [2.05, 4.69) is 20.2 Å². The smallest absolute Gasteiger partial charge is 0.313 e. The van der Waals surface area contributed by atoms with E-state index in [0.717, 1.165) is 44.7 Å². The molecule has 1 aromatic rings. The monoisotopic (exact) mass is 385 g/mol. The quantitative estimate of drug-likeness (QED) is 0.792. The minimum absolute atomic E-state index is 0.235. The molecule has 0 spiro atoms. The molecule has 3 saturated heterocycles. The number of carbonyl (C=O) groups is 2. The number of anilines is 2. The molecule has 1 aliphatic carbocycles. The molecule has 3 aliphatic heterocycles. The van der Waals surface area contributed by atoms with E-state index in [-0.39, 0.29) is 18.2 Å². The van der Waals surface area contributed by atoms with Gasteiger partial charge in [-0.1, -0.05) is 19.3 Å². The largest absolute Gasteiger partial charge is 0.371 e. The van der Waals surface area contributed by atoms with Crippen molar-refractivity contribution in [3.63, 3.8) is 0 Å². The lowest BCUT2D eigenvalue weighted by molar-refractivity contribution is -0.149. The number of ether oxygens (including phenoxy) is 1. The van der Waals surface area contributed by atoms with Crippen LogP contribution in [-0.4, -0.2) is 64.6 Å². The summed E-state index contributed by atoms with van der Waals surface area (Å²) in [7, 11) is 0. The molecule has 0 radical (unpaired) electrons. The van der Waals surface area contributed by atoms with Gasteiger partial charge in [-0.05, 0) is 31.6 Å². The average molecular weight is 385 g/mol. The maximum absolute atomic E-state index is 12.5. The molecule has 4 aliphatic rings. The van der Waals surface area contributed by atoms with Gasteiger partial charge >= 0.3 is 11.8 Å². The third-order valence-corrected chi connectivity index (χ3v) is 6.65. The lowest BCUT2D eigenvalue weighted by atomic mass is 9.78. The maximum atomic E-state index is 12.5. The van der Waals surface area contributed by atoms with Gasteiger partial charge in [0.2, 0.25) is 5.95 Å². The number of nitrogens with one attached hydrogen (secondary N) is 1. The van der Waals surface area contributed by atoms with Gasteiger partial charge in [0.15, 0.2) is 0 Å². The highest BCUT2D eigenvalue weighted by atomic mass is 16.5. The minimum Gasteiger partial charge on any atom is -0.371 e. The SMILES string of the molecule is O=C(Nc1cnc(N2CC3CCC(C2)O3)nc1)C(=O)N1CCC1CC1CCC1. The summed E-state index contributed by atoms with van der Waals surface area (Å²) in [5.74, 6) is 0.344. The zero-order valence-corrected chi connectivity index (χ0v) is 16.0. The zero-order valence-electron chi connectivity index (χ0n) is 16.0. The number of morpholine rings is 1. The Labute approximate surface area is 164 Å². The molecule has 4 fully saturated rings. The number of fused-ring (bicyclic) bond motifs is 2. The fourth-order valence-corrected chi connectivity index (χ4v) is 4.71. The van der Waals surface area contributed by atoms with Gasteiger partial charge in [-0.2, -0.15) is 0 Å². The van der Waals surface area contributed by atoms with Gasteiger partial charge in [0.1, 0.15) is 0 Å². The zero-order chi connectivity index (χ0) is 19.1. The molecule has 0 aromatic carbocycles. The van der Waals surface area contributed by atoms with Crippen molar-refractivity contribution in [2.45, 2.75) is 63.2 Å². The van der Waals surface area contributed by atoms with Gasteiger partial charge < -0.3 is 19.9 Å². The van der Waals surface area contributed by atoms with Crippen molar-refractivity contribution in [2.24, 2.45) is 5.92 Å². The number of hydrogen-bond acceptors (Lipinski definition) is 6. The Morgan fingerprint density at radius 2 is 1.79 bits per heavy atom. The number of likely N-dealkylation sites (tertiary alicyclic amines) is 1. The van der Waals surface area contributed by atoms with E-state index in [9.17, 15) is 9.59 Å². The highest BCUT2D eigenvalue weighted by molar-refractivity contribution is 6.39. The highest BCUT2D eigenvalue weighted by Crippen LogP contribution is 2.35. The fourth-order valence-electron chi connectivity index (χ4n) is 4.71. The Hall–Kier alpha value is -2.22. The lowest BCUT2D eigenvalue weighted by Crippen LogP contribution is -2.55. The van der Waals surface area contributed by atoms with Crippen molar-refractivity contribution < 1.29 is 14.3 Å². The van der Waals surface area contributed by atoms with Crippen molar-refractivity contribution in [1.29, 1.82) is 0 Å². The number of hydrogen-bond donors (Lipinski definition) is 1. The van der Waals surface area contributed by atoms with Crippen LogP contribution in [-0.2, 0) is 14.3 Å². The molecule has 1 saturated carbocycles. The van der Waals surface area contributed by atoms with Gasteiger partial charge in [-0.25, -0.2) is 9.97 Å². The summed E-state index contributed by atoms with van der Waals surface area (Å²) in [4.78, 5) is 37.4. The summed E-state index contributed by atoms with van der Waals surface area (Å²) in [6.45, 7) is 2.29. The summed E-state index contributed by atoms with van der Waals surface area (Å²) in [6.07, 6.45) is 11.7. The van der Waals surface area contributed by atoms with Crippen molar-refractivity contribution in [2.75, 3.05) is 29.9 Å². The van der Waals surface area contributed by atoms with Gasteiger partial charge in [-0.15, -0.1) is 0 Å². The van der Waals surface area contributed by atoms with E-state index in [4.69, 9.17) is 4.74 Å². The first-order chi connectivity index (χ1) is 13.7. The van der Waals surface area contributed by atoms with Crippen LogP contribution in [0.5, 0.6) is 0 Å². The van der Waals surface area contributed by atoms with Crippen molar-refractivity contribution in [1.82, 2.24) is 14.9 Å². The van der Waals surface area contributed by atoms with Crippen LogP contribution in [0.1, 0.15) is 44.9 Å². The second kappa shape index (κ2) is 7.31. The summed E-state index contributed by atoms with van der Waals surface area (Å²) >= 11 is 0. The number of carbonyl (C=O) groups excluding carboxylic acids is 2. The molecular weight excluding hydrogens is 358 g/mol. The van der Waals surface area contributed by atoms with Crippen molar-refractivity contribution in [3.05, 3.63) is 12.4 Å². The molecular formula is C20H27N5O3. The van der Waals surface area contributed by atoms with Crippen molar-refractivity contribution >= 4 is 23.5 Å². The Balaban J connectivity index is 1.15. The predicted octanol–water partition coefficient (Wildman–Crippen LogP) is 1.57. The third kappa shape index (κ3) is 3.45. The molecule has 3 unspecified atom stereocenters. The van der Waals surface area contributed by atoms with Crippen LogP contribution in [0.3, 0.4) is 0 Å². The molecule has 8 nitrogen and oxygen atoms in total. The number of rotatable bonds is 4. The second-order valence-corrected chi connectivity index (χ2v) is 8.56. The summed E-state index contributed by atoms with van der Waals surface area (Å²) in [6, 6.07) is 0.235. The minimum atomic E-state index is -0.598. The van der Waals surface area contributed by atoms with Gasteiger partial charge in [0.05, 0.1) is 30.3 Å². The van der Waals surface area contributed by atoms with E-state index in [1.807, 2.05) is 0 Å². The standard InChI is InChI=1S/C20H27N5O3/c26-18(19(27)25-7-6-15(25)8-13-2-1-3-13)23-14-9-21-20(22-10-14)24-11-16-4-5-17(12-24)28-16/h9-10,13,15-17H,1-8,11-12H2,(H,23,26). The van der Waals surface area contributed by atoms with E-state index < -0.39 is 11.8 Å². The molecule has 8 heteroatoms. The second-order valence-electron chi connectivity index (χ2n) is 8.56.